The molecule has 1 aliphatic rings. The van der Waals surface area contributed by atoms with Gasteiger partial charge in [-0.1, -0.05) is 18.3 Å². The summed E-state index contributed by atoms with van der Waals surface area (Å²) in [7, 11) is -3.53. The zero-order chi connectivity index (χ0) is 14.0. The number of rotatable bonds is 4. The van der Waals surface area contributed by atoms with Gasteiger partial charge in [0.2, 0.25) is 10.0 Å². The van der Waals surface area contributed by atoms with Gasteiger partial charge in [0, 0.05) is 18.2 Å². The minimum absolute atomic E-state index is 0.153. The molecule has 3 N–H and O–H groups in total. The first-order valence-electron chi connectivity index (χ1n) is 5.90. The molecule has 104 valence electrons. The highest BCUT2D eigenvalue weighted by Crippen LogP contribution is 2.18. The summed E-state index contributed by atoms with van der Waals surface area (Å²) < 4.78 is 32.3. The minimum atomic E-state index is -3.53. The maximum Gasteiger partial charge on any atom is 0.241 e. The molecule has 0 amide bonds. The van der Waals surface area contributed by atoms with Gasteiger partial charge in [0.05, 0.1) is 11.5 Å². The van der Waals surface area contributed by atoms with E-state index < -0.39 is 10.0 Å². The third-order valence-corrected chi connectivity index (χ3v) is 4.92. The molecule has 1 aromatic rings. The van der Waals surface area contributed by atoms with E-state index in [4.69, 9.17) is 22.7 Å². The van der Waals surface area contributed by atoms with Crippen LogP contribution >= 0.6 is 12.2 Å². The first-order chi connectivity index (χ1) is 8.90. The van der Waals surface area contributed by atoms with Crippen LogP contribution in [0.3, 0.4) is 0 Å². The zero-order valence-electron chi connectivity index (χ0n) is 10.5. The summed E-state index contributed by atoms with van der Waals surface area (Å²) in [6.07, 6.45) is 0.698. The summed E-state index contributed by atoms with van der Waals surface area (Å²) in [5.74, 6) is 0. The lowest BCUT2D eigenvalue weighted by Crippen LogP contribution is -2.35. The molecule has 1 saturated heterocycles. The van der Waals surface area contributed by atoms with Gasteiger partial charge in [0.25, 0.3) is 0 Å². The molecule has 5 nitrogen and oxygen atoms in total. The van der Waals surface area contributed by atoms with Crippen LogP contribution in [0.1, 0.15) is 17.5 Å². The number of ether oxygens (including phenoxy) is 1. The summed E-state index contributed by atoms with van der Waals surface area (Å²) in [6.45, 7) is 2.73. The predicted octanol–water partition coefficient (Wildman–Crippen LogP) is 0.696. The van der Waals surface area contributed by atoms with E-state index in [1.165, 1.54) is 6.07 Å². The monoisotopic (exact) mass is 300 g/mol. The van der Waals surface area contributed by atoms with Crippen molar-refractivity contribution in [1.82, 2.24) is 4.72 Å². The first-order valence-corrected chi connectivity index (χ1v) is 7.80. The highest BCUT2D eigenvalue weighted by atomic mass is 32.2. The van der Waals surface area contributed by atoms with Crippen LogP contribution in [0.4, 0.5) is 0 Å². The second-order valence-corrected chi connectivity index (χ2v) is 6.65. The van der Waals surface area contributed by atoms with Crippen LogP contribution < -0.4 is 10.5 Å². The van der Waals surface area contributed by atoms with Crippen LogP contribution in [0.2, 0.25) is 0 Å². The quantitative estimate of drug-likeness (QED) is 0.800. The van der Waals surface area contributed by atoms with Crippen LogP contribution in [0.15, 0.2) is 23.1 Å². The number of nitrogens with one attached hydrogen (secondary N) is 1. The highest BCUT2D eigenvalue weighted by Gasteiger charge is 2.24. The summed E-state index contributed by atoms with van der Waals surface area (Å²) in [5.41, 5.74) is 6.81. The Morgan fingerprint density at radius 2 is 2.26 bits per heavy atom. The molecule has 0 aromatic heterocycles. The Balaban J connectivity index is 2.27. The fourth-order valence-electron chi connectivity index (χ4n) is 2.01. The number of thiocarbonyl (C=S) groups is 1. The average Bonchev–Trinajstić information content (AvgIpc) is 2.80. The Kier molecular flexibility index (Phi) is 4.19. The molecule has 0 bridgehead atoms. The number of nitrogens with two attached hydrogens (primary N) is 1. The lowest BCUT2D eigenvalue weighted by atomic mass is 10.1. The van der Waals surface area contributed by atoms with E-state index in [1.807, 2.05) is 0 Å². The molecule has 2 rings (SSSR count). The average molecular weight is 300 g/mol. The van der Waals surface area contributed by atoms with Gasteiger partial charge in [0.15, 0.2) is 0 Å². The van der Waals surface area contributed by atoms with Crippen molar-refractivity contribution in [2.75, 3.05) is 13.2 Å². The Hall–Kier alpha value is -1.02. The summed E-state index contributed by atoms with van der Waals surface area (Å²) >= 11 is 4.87. The lowest BCUT2D eigenvalue weighted by molar-refractivity contribution is 0.192. The smallest absolute Gasteiger partial charge is 0.241 e. The first kappa shape index (κ1) is 14.4. The van der Waals surface area contributed by atoms with Crippen molar-refractivity contribution in [3.8, 4) is 0 Å². The molecule has 19 heavy (non-hydrogen) atoms. The van der Waals surface area contributed by atoms with E-state index in [2.05, 4.69) is 4.72 Å². The normalized spacial score (nSPS) is 19.5. The summed E-state index contributed by atoms with van der Waals surface area (Å²) in [6, 6.07) is 4.68. The van der Waals surface area contributed by atoms with Gasteiger partial charge in [-0.25, -0.2) is 13.1 Å². The Bertz CT molecular complexity index is 593. The predicted molar refractivity (Wildman–Crippen MR) is 76.6 cm³/mol. The lowest BCUT2D eigenvalue weighted by Gasteiger charge is -2.13. The van der Waals surface area contributed by atoms with Gasteiger partial charge < -0.3 is 10.5 Å². The minimum Gasteiger partial charge on any atom is -0.389 e. The van der Waals surface area contributed by atoms with Crippen molar-refractivity contribution in [3.63, 3.8) is 0 Å². The van der Waals surface area contributed by atoms with Crippen molar-refractivity contribution in [2.24, 2.45) is 5.73 Å². The molecule has 0 saturated carbocycles. The van der Waals surface area contributed by atoms with Gasteiger partial charge >= 0.3 is 0 Å². The van der Waals surface area contributed by atoms with Gasteiger partial charge in [0.1, 0.15) is 4.99 Å². The highest BCUT2D eigenvalue weighted by molar-refractivity contribution is 7.89. The van der Waals surface area contributed by atoms with Gasteiger partial charge in [-0.3, -0.25) is 0 Å². The van der Waals surface area contributed by atoms with Crippen LogP contribution in [-0.2, 0) is 14.8 Å². The summed E-state index contributed by atoms with van der Waals surface area (Å²) in [4.78, 5) is 0.503. The topological polar surface area (TPSA) is 81.4 Å². The number of hydrogen-bond acceptors (Lipinski definition) is 4. The third-order valence-electron chi connectivity index (χ3n) is 3.00. The Morgan fingerprint density at radius 1 is 1.53 bits per heavy atom. The second kappa shape index (κ2) is 5.54. The molecule has 1 unspecified atom stereocenters. The van der Waals surface area contributed by atoms with Crippen molar-refractivity contribution in [2.45, 2.75) is 24.3 Å². The van der Waals surface area contributed by atoms with E-state index in [-0.39, 0.29) is 15.9 Å². The van der Waals surface area contributed by atoms with E-state index in [1.54, 1.807) is 19.1 Å². The van der Waals surface area contributed by atoms with E-state index >= 15 is 0 Å². The van der Waals surface area contributed by atoms with Crippen LogP contribution in [0, 0.1) is 6.92 Å². The van der Waals surface area contributed by atoms with E-state index in [0.29, 0.717) is 30.8 Å². The van der Waals surface area contributed by atoms with Crippen molar-refractivity contribution in [1.29, 1.82) is 0 Å². The molecular formula is C12H16N2O3S2. The van der Waals surface area contributed by atoms with E-state index in [9.17, 15) is 8.42 Å². The number of benzene rings is 1. The maximum atomic E-state index is 12.3. The van der Waals surface area contributed by atoms with Crippen molar-refractivity contribution < 1.29 is 13.2 Å². The molecule has 0 aliphatic carbocycles. The summed E-state index contributed by atoms with van der Waals surface area (Å²) in [5, 5.41) is 0. The molecule has 0 spiro atoms. The van der Waals surface area contributed by atoms with Crippen molar-refractivity contribution >= 4 is 27.2 Å². The molecule has 1 fully saturated rings. The van der Waals surface area contributed by atoms with Crippen LogP contribution in [0.25, 0.3) is 0 Å². The zero-order valence-corrected chi connectivity index (χ0v) is 12.2. The molecular weight excluding hydrogens is 284 g/mol. The number of aryl methyl sites for hydroxylation is 1. The SMILES string of the molecule is Cc1cc(C(N)=S)ccc1S(=O)(=O)NC1CCOC1. The fourth-order valence-corrected chi connectivity index (χ4v) is 3.62. The molecule has 7 heteroatoms. The largest absolute Gasteiger partial charge is 0.389 e. The molecule has 1 atom stereocenters. The maximum absolute atomic E-state index is 12.3. The molecule has 0 radical (unpaired) electrons. The van der Waals surface area contributed by atoms with Crippen LogP contribution in [-0.4, -0.2) is 32.7 Å². The standard InChI is InChI=1S/C12H16N2O3S2/c1-8-6-9(12(13)18)2-3-11(8)19(15,16)14-10-4-5-17-7-10/h2-3,6,10,14H,4-5,7H2,1H3,(H2,13,18). The van der Waals surface area contributed by atoms with E-state index in [0.717, 1.165) is 0 Å². The fraction of sp³-hybridized carbons (Fsp3) is 0.417. The number of sulfonamides is 1. The Labute approximate surface area is 118 Å². The van der Waals surface area contributed by atoms with Gasteiger partial charge in [-0.2, -0.15) is 0 Å². The van der Waals surface area contributed by atoms with Gasteiger partial charge in [-0.15, -0.1) is 0 Å². The second-order valence-electron chi connectivity index (χ2n) is 4.53. The molecule has 1 heterocycles. The molecule has 1 aromatic carbocycles. The third kappa shape index (κ3) is 3.30. The number of hydrogen-bond donors (Lipinski definition) is 2. The van der Waals surface area contributed by atoms with Gasteiger partial charge in [-0.05, 0) is 31.0 Å². The van der Waals surface area contributed by atoms with Crippen LogP contribution in [0.5, 0.6) is 0 Å². The molecule has 1 aliphatic heterocycles. The Morgan fingerprint density at radius 3 is 2.79 bits per heavy atom. The van der Waals surface area contributed by atoms with Crippen molar-refractivity contribution in [3.05, 3.63) is 29.3 Å².